The number of aryl methyl sites for hydroxylation is 1. The Bertz CT molecular complexity index is 422. The highest BCUT2D eigenvalue weighted by Gasteiger charge is 2.36. The summed E-state index contributed by atoms with van der Waals surface area (Å²) in [7, 11) is 0. The van der Waals surface area contributed by atoms with Crippen LogP contribution in [0.4, 0.5) is 0 Å². The van der Waals surface area contributed by atoms with Crippen LogP contribution in [0.5, 0.6) is 0 Å². The lowest BCUT2D eigenvalue weighted by Gasteiger charge is -2.29. The van der Waals surface area contributed by atoms with E-state index in [1.165, 1.54) is 12.8 Å². The Hall–Kier alpha value is -0.690. The number of β-amino-alcohol motifs (C(OH)–C–C–N with tert-alkyl or cyclic N) is 1. The predicted molar refractivity (Wildman–Crippen MR) is 76.8 cm³/mol. The van der Waals surface area contributed by atoms with Gasteiger partial charge in [-0.15, -0.1) is 12.4 Å². The molecule has 0 saturated carbocycles. The van der Waals surface area contributed by atoms with Gasteiger partial charge in [0.25, 0.3) is 0 Å². The fourth-order valence-corrected chi connectivity index (χ4v) is 3.18. The summed E-state index contributed by atoms with van der Waals surface area (Å²) in [6.45, 7) is 5.77. The minimum atomic E-state index is -0.279. The van der Waals surface area contributed by atoms with Gasteiger partial charge in [-0.3, -0.25) is 4.90 Å². The van der Waals surface area contributed by atoms with Crippen LogP contribution in [-0.2, 0) is 0 Å². The van der Waals surface area contributed by atoms with Gasteiger partial charge in [0, 0.05) is 13.1 Å². The SMILES string of the molecule is Cc1noc([C@H]2C[C@@H](O)CN2CC2CCNCC2)n1.Cl. The lowest BCUT2D eigenvalue weighted by atomic mass is 9.97. The van der Waals surface area contributed by atoms with Crippen LogP contribution in [0.15, 0.2) is 4.52 Å². The average Bonchev–Trinajstić information content (AvgIpc) is 2.97. The van der Waals surface area contributed by atoms with Crippen molar-refractivity contribution < 1.29 is 9.63 Å². The van der Waals surface area contributed by atoms with Gasteiger partial charge in [0.15, 0.2) is 5.82 Å². The second kappa shape index (κ2) is 6.85. The van der Waals surface area contributed by atoms with E-state index < -0.39 is 0 Å². The van der Waals surface area contributed by atoms with Crippen molar-refractivity contribution in [3.05, 3.63) is 11.7 Å². The topological polar surface area (TPSA) is 74.4 Å². The summed E-state index contributed by atoms with van der Waals surface area (Å²) in [5, 5.41) is 17.2. The second-order valence-electron chi connectivity index (χ2n) is 5.73. The maximum atomic E-state index is 9.92. The van der Waals surface area contributed by atoms with Crippen LogP contribution in [0.1, 0.15) is 37.0 Å². The zero-order chi connectivity index (χ0) is 13.2. The molecule has 3 heterocycles. The largest absolute Gasteiger partial charge is 0.392 e. The van der Waals surface area contributed by atoms with E-state index in [1.54, 1.807) is 0 Å². The first-order valence-electron chi connectivity index (χ1n) is 7.15. The maximum absolute atomic E-state index is 9.92. The number of aromatic nitrogens is 2. The van der Waals surface area contributed by atoms with Gasteiger partial charge in [0.2, 0.25) is 5.89 Å². The number of likely N-dealkylation sites (tertiary alicyclic amines) is 1. The van der Waals surface area contributed by atoms with E-state index in [9.17, 15) is 5.11 Å². The van der Waals surface area contributed by atoms with Gasteiger partial charge in [-0.05, 0) is 45.2 Å². The first kappa shape index (κ1) is 15.7. The van der Waals surface area contributed by atoms with E-state index in [4.69, 9.17) is 4.52 Å². The molecule has 0 aromatic carbocycles. The summed E-state index contributed by atoms with van der Waals surface area (Å²) in [5.41, 5.74) is 0. The van der Waals surface area contributed by atoms with E-state index in [1.807, 2.05) is 6.92 Å². The normalized spacial score (nSPS) is 28.5. The lowest BCUT2D eigenvalue weighted by Crippen LogP contribution is -2.36. The number of piperidine rings is 1. The quantitative estimate of drug-likeness (QED) is 0.864. The standard InChI is InChI=1S/C13H22N4O2.ClH/c1-9-15-13(19-16-9)12-6-11(18)8-17(12)7-10-2-4-14-5-3-10;/h10-12,14,18H,2-8H2,1H3;1H/t11-,12-;/m1./s1. The van der Waals surface area contributed by atoms with Crippen LogP contribution < -0.4 is 5.32 Å². The molecule has 0 unspecified atom stereocenters. The van der Waals surface area contributed by atoms with Crippen molar-refractivity contribution >= 4 is 12.4 Å². The molecule has 1 aromatic heterocycles. The van der Waals surface area contributed by atoms with Crippen molar-refractivity contribution in [1.82, 2.24) is 20.4 Å². The molecular formula is C13H23ClN4O2. The number of hydrogen-bond donors (Lipinski definition) is 2. The zero-order valence-corrected chi connectivity index (χ0v) is 12.6. The summed E-state index contributed by atoms with van der Waals surface area (Å²) >= 11 is 0. The minimum absolute atomic E-state index is 0. The van der Waals surface area contributed by atoms with Crippen molar-refractivity contribution in [3.63, 3.8) is 0 Å². The second-order valence-corrected chi connectivity index (χ2v) is 5.73. The molecule has 0 aliphatic carbocycles. The van der Waals surface area contributed by atoms with Gasteiger partial charge in [0.1, 0.15) is 0 Å². The molecule has 2 N–H and O–H groups in total. The highest BCUT2D eigenvalue weighted by atomic mass is 35.5. The first-order chi connectivity index (χ1) is 9.22. The smallest absolute Gasteiger partial charge is 0.244 e. The zero-order valence-electron chi connectivity index (χ0n) is 11.8. The first-order valence-corrected chi connectivity index (χ1v) is 7.15. The molecule has 0 bridgehead atoms. The number of aliphatic hydroxyl groups is 1. The fraction of sp³-hybridized carbons (Fsp3) is 0.846. The third-order valence-electron chi connectivity index (χ3n) is 4.16. The number of rotatable bonds is 3. The van der Waals surface area contributed by atoms with E-state index in [-0.39, 0.29) is 24.6 Å². The molecule has 6 nitrogen and oxygen atoms in total. The van der Waals surface area contributed by atoms with Crippen LogP contribution in [0.2, 0.25) is 0 Å². The Morgan fingerprint density at radius 2 is 2.15 bits per heavy atom. The molecular weight excluding hydrogens is 280 g/mol. The van der Waals surface area contributed by atoms with E-state index >= 15 is 0 Å². The molecule has 2 aliphatic heterocycles. The molecule has 2 fully saturated rings. The van der Waals surface area contributed by atoms with Crippen LogP contribution in [-0.4, -0.2) is 52.4 Å². The van der Waals surface area contributed by atoms with E-state index in [2.05, 4.69) is 20.4 Å². The Balaban J connectivity index is 0.00000147. The molecule has 0 spiro atoms. The molecule has 114 valence electrons. The molecule has 3 rings (SSSR count). The third kappa shape index (κ3) is 3.49. The molecule has 2 aliphatic rings. The van der Waals surface area contributed by atoms with Crippen LogP contribution >= 0.6 is 12.4 Å². The molecule has 0 radical (unpaired) electrons. The van der Waals surface area contributed by atoms with Gasteiger partial charge < -0.3 is 14.9 Å². The van der Waals surface area contributed by atoms with E-state index in [0.29, 0.717) is 24.1 Å². The highest BCUT2D eigenvalue weighted by Crippen LogP contribution is 2.32. The van der Waals surface area contributed by atoms with Gasteiger partial charge in [0.05, 0.1) is 12.1 Å². The van der Waals surface area contributed by atoms with Gasteiger partial charge in [-0.2, -0.15) is 4.98 Å². The summed E-state index contributed by atoms with van der Waals surface area (Å²) < 4.78 is 5.29. The molecule has 2 atom stereocenters. The summed E-state index contributed by atoms with van der Waals surface area (Å²) in [4.78, 5) is 6.64. The van der Waals surface area contributed by atoms with Crippen LogP contribution in [0.25, 0.3) is 0 Å². The number of nitrogens with zero attached hydrogens (tertiary/aromatic N) is 3. The predicted octanol–water partition coefficient (Wildman–Crippen LogP) is 0.907. The van der Waals surface area contributed by atoms with Crippen molar-refractivity contribution in [2.45, 2.75) is 38.3 Å². The Kier molecular flexibility index (Phi) is 5.37. The fourth-order valence-electron chi connectivity index (χ4n) is 3.18. The molecule has 7 heteroatoms. The molecule has 1 aromatic rings. The number of hydrogen-bond acceptors (Lipinski definition) is 6. The lowest BCUT2D eigenvalue weighted by molar-refractivity contribution is 0.149. The van der Waals surface area contributed by atoms with Gasteiger partial charge in [-0.1, -0.05) is 5.16 Å². The van der Waals surface area contributed by atoms with Crippen molar-refractivity contribution in [2.75, 3.05) is 26.2 Å². The summed E-state index contributed by atoms with van der Waals surface area (Å²) in [6.07, 6.45) is 2.84. The third-order valence-corrected chi connectivity index (χ3v) is 4.16. The van der Waals surface area contributed by atoms with Crippen molar-refractivity contribution in [1.29, 1.82) is 0 Å². The average molecular weight is 303 g/mol. The van der Waals surface area contributed by atoms with Crippen molar-refractivity contribution in [3.8, 4) is 0 Å². The molecule has 20 heavy (non-hydrogen) atoms. The van der Waals surface area contributed by atoms with Crippen LogP contribution in [0.3, 0.4) is 0 Å². The highest BCUT2D eigenvalue weighted by molar-refractivity contribution is 5.85. The number of halogens is 1. The molecule has 2 saturated heterocycles. The maximum Gasteiger partial charge on any atom is 0.244 e. The van der Waals surface area contributed by atoms with Crippen LogP contribution in [0, 0.1) is 12.8 Å². The molecule has 0 amide bonds. The van der Waals surface area contributed by atoms with Gasteiger partial charge >= 0.3 is 0 Å². The summed E-state index contributed by atoms with van der Waals surface area (Å²) in [6, 6.07) is 0.0890. The number of aliphatic hydroxyl groups excluding tert-OH is 1. The summed E-state index contributed by atoms with van der Waals surface area (Å²) in [5.74, 6) is 2.03. The Morgan fingerprint density at radius 1 is 1.40 bits per heavy atom. The monoisotopic (exact) mass is 302 g/mol. The minimum Gasteiger partial charge on any atom is -0.392 e. The van der Waals surface area contributed by atoms with Gasteiger partial charge in [-0.25, -0.2) is 0 Å². The Morgan fingerprint density at radius 3 is 2.80 bits per heavy atom. The van der Waals surface area contributed by atoms with Crippen molar-refractivity contribution in [2.24, 2.45) is 5.92 Å². The van der Waals surface area contributed by atoms with E-state index in [0.717, 1.165) is 26.2 Å². The Labute approximate surface area is 125 Å². The number of nitrogens with one attached hydrogen (secondary N) is 1.